The molecule has 0 saturated carbocycles. The van der Waals surface area contributed by atoms with E-state index in [0.29, 0.717) is 19.0 Å². The number of carbonyl (C=O) groups excluding carboxylic acids is 1. The molecule has 6 nitrogen and oxygen atoms in total. The van der Waals surface area contributed by atoms with Gasteiger partial charge in [-0.1, -0.05) is 0 Å². The third-order valence-electron chi connectivity index (χ3n) is 2.80. The lowest BCUT2D eigenvalue weighted by Gasteiger charge is -2.24. The van der Waals surface area contributed by atoms with Gasteiger partial charge in [0.25, 0.3) is 0 Å². The highest BCUT2D eigenvalue weighted by atomic mass is 19.1. The van der Waals surface area contributed by atoms with Crippen molar-refractivity contribution in [3.8, 4) is 0 Å². The summed E-state index contributed by atoms with van der Waals surface area (Å²) in [6.45, 7) is 5.17. The molecule has 7 heteroatoms. The minimum absolute atomic E-state index is 0.0588. The first-order valence-corrected chi connectivity index (χ1v) is 6.22. The second kappa shape index (κ2) is 6.86. The summed E-state index contributed by atoms with van der Waals surface area (Å²) in [6, 6.07) is 0. The number of anilines is 2. The van der Waals surface area contributed by atoms with E-state index in [9.17, 15) is 9.18 Å². The van der Waals surface area contributed by atoms with E-state index < -0.39 is 5.82 Å². The molecule has 1 rings (SSSR count). The summed E-state index contributed by atoms with van der Waals surface area (Å²) in [5, 5.41) is 2.74. The largest absolute Gasteiger partial charge is 0.357 e. The van der Waals surface area contributed by atoms with Crippen molar-refractivity contribution in [2.24, 2.45) is 0 Å². The van der Waals surface area contributed by atoms with Gasteiger partial charge in [0.05, 0.1) is 12.7 Å². The van der Waals surface area contributed by atoms with E-state index >= 15 is 0 Å². The zero-order valence-electron chi connectivity index (χ0n) is 11.8. The van der Waals surface area contributed by atoms with Gasteiger partial charge in [0.2, 0.25) is 11.9 Å². The van der Waals surface area contributed by atoms with Crippen molar-refractivity contribution >= 4 is 17.7 Å². The van der Waals surface area contributed by atoms with Crippen LogP contribution in [-0.2, 0) is 4.79 Å². The first kappa shape index (κ1) is 15.1. The van der Waals surface area contributed by atoms with Gasteiger partial charge in [-0.25, -0.2) is 9.37 Å². The van der Waals surface area contributed by atoms with Crippen LogP contribution in [0.2, 0.25) is 0 Å². The average molecular weight is 269 g/mol. The lowest BCUT2D eigenvalue weighted by atomic mass is 10.4. The molecule has 0 spiro atoms. The van der Waals surface area contributed by atoms with Crippen molar-refractivity contribution in [2.75, 3.05) is 43.9 Å². The molecule has 0 bridgehead atoms. The van der Waals surface area contributed by atoms with Gasteiger partial charge in [-0.2, -0.15) is 4.98 Å². The van der Waals surface area contributed by atoms with Crippen molar-refractivity contribution < 1.29 is 9.18 Å². The smallest absolute Gasteiger partial charge is 0.242 e. The summed E-state index contributed by atoms with van der Waals surface area (Å²) in [7, 11) is 3.28. The molecule has 1 heterocycles. The van der Waals surface area contributed by atoms with Crippen molar-refractivity contribution in [2.45, 2.75) is 13.8 Å². The quantitative estimate of drug-likeness (QED) is 0.833. The summed E-state index contributed by atoms with van der Waals surface area (Å²) in [4.78, 5) is 22.9. The number of rotatable bonds is 6. The maximum Gasteiger partial charge on any atom is 0.242 e. The number of aromatic nitrogens is 2. The van der Waals surface area contributed by atoms with Gasteiger partial charge in [0.1, 0.15) is 0 Å². The van der Waals surface area contributed by atoms with Crippen LogP contribution in [0.15, 0.2) is 6.20 Å². The maximum absolute atomic E-state index is 13.7. The zero-order valence-corrected chi connectivity index (χ0v) is 11.8. The molecule has 1 aromatic heterocycles. The Morgan fingerprint density at radius 2 is 2.05 bits per heavy atom. The van der Waals surface area contributed by atoms with Crippen LogP contribution in [0.3, 0.4) is 0 Å². The van der Waals surface area contributed by atoms with Crippen LogP contribution >= 0.6 is 0 Å². The van der Waals surface area contributed by atoms with Gasteiger partial charge in [-0.3, -0.25) is 4.79 Å². The third-order valence-corrected chi connectivity index (χ3v) is 2.80. The second-order valence-corrected chi connectivity index (χ2v) is 4.04. The van der Waals surface area contributed by atoms with Gasteiger partial charge >= 0.3 is 0 Å². The Labute approximate surface area is 112 Å². The fraction of sp³-hybridized carbons (Fsp3) is 0.583. The molecule has 0 atom stereocenters. The topological polar surface area (TPSA) is 61.4 Å². The molecule has 0 aliphatic rings. The molecule has 19 heavy (non-hydrogen) atoms. The molecular formula is C12H20FN5O. The van der Waals surface area contributed by atoms with Gasteiger partial charge in [0.15, 0.2) is 11.6 Å². The lowest BCUT2D eigenvalue weighted by Crippen LogP contribution is -2.39. The van der Waals surface area contributed by atoms with Gasteiger partial charge in [-0.15, -0.1) is 0 Å². The molecule has 0 radical (unpaired) electrons. The summed E-state index contributed by atoms with van der Waals surface area (Å²) in [6.07, 6.45) is 1.09. The number of nitrogens with zero attached hydrogens (tertiary/aromatic N) is 4. The van der Waals surface area contributed by atoms with Crippen molar-refractivity contribution in [1.29, 1.82) is 0 Å². The molecule has 0 aliphatic carbocycles. The molecule has 0 saturated heterocycles. The van der Waals surface area contributed by atoms with Crippen LogP contribution in [0.5, 0.6) is 0 Å². The standard InChI is InChI=1S/C12H20FN5O/c1-5-18(6-2)10(19)8-17(4)11-9(13)7-15-12(14-3)16-11/h7H,5-6,8H2,1-4H3,(H,14,15,16). The van der Waals surface area contributed by atoms with Gasteiger partial charge < -0.3 is 15.1 Å². The van der Waals surface area contributed by atoms with E-state index in [2.05, 4.69) is 15.3 Å². The van der Waals surface area contributed by atoms with Crippen LogP contribution in [-0.4, -0.2) is 54.5 Å². The van der Waals surface area contributed by atoms with Crippen LogP contribution in [0.1, 0.15) is 13.8 Å². The van der Waals surface area contributed by atoms with Crippen LogP contribution in [0.4, 0.5) is 16.2 Å². The summed E-state index contributed by atoms with van der Waals surface area (Å²) < 4.78 is 13.7. The first-order chi connectivity index (χ1) is 9.03. The zero-order chi connectivity index (χ0) is 14.4. The van der Waals surface area contributed by atoms with Crippen LogP contribution in [0, 0.1) is 5.82 Å². The lowest BCUT2D eigenvalue weighted by molar-refractivity contribution is -0.129. The number of likely N-dealkylation sites (N-methyl/N-ethyl adjacent to an activating group) is 2. The van der Waals surface area contributed by atoms with Crippen molar-refractivity contribution in [3.05, 3.63) is 12.0 Å². The molecular weight excluding hydrogens is 249 g/mol. The van der Waals surface area contributed by atoms with Crippen molar-refractivity contribution in [3.63, 3.8) is 0 Å². The monoisotopic (exact) mass is 269 g/mol. The Morgan fingerprint density at radius 1 is 1.42 bits per heavy atom. The highest BCUT2D eigenvalue weighted by Gasteiger charge is 2.17. The summed E-state index contributed by atoms with van der Waals surface area (Å²) in [5.41, 5.74) is 0. The normalized spacial score (nSPS) is 10.2. The maximum atomic E-state index is 13.7. The molecule has 1 aromatic rings. The predicted molar refractivity (Wildman–Crippen MR) is 72.7 cm³/mol. The Hall–Kier alpha value is -1.92. The van der Waals surface area contributed by atoms with E-state index in [4.69, 9.17) is 0 Å². The van der Waals surface area contributed by atoms with E-state index in [1.807, 2.05) is 13.8 Å². The second-order valence-electron chi connectivity index (χ2n) is 4.04. The number of hydrogen-bond donors (Lipinski definition) is 1. The molecule has 0 aliphatic heterocycles. The average Bonchev–Trinajstić information content (AvgIpc) is 2.40. The molecule has 106 valence electrons. The molecule has 0 fully saturated rings. The number of hydrogen-bond acceptors (Lipinski definition) is 5. The minimum atomic E-state index is -0.547. The van der Waals surface area contributed by atoms with E-state index in [1.54, 1.807) is 19.0 Å². The Bertz CT molecular complexity index is 436. The van der Waals surface area contributed by atoms with E-state index in [0.717, 1.165) is 6.20 Å². The number of carbonyl (C=O) groups is 1. The SMILES string of the molecule is CCN(CC)C(=O)CN(C)c1nc(NC)ncc1F. The van der Waals surface area contributed by atoms with E-state index in [1.165, 1.54) is 4.90 Å². The highest BCUT2D eigenvalue weighted by molar-refractivity contribution is 5.81. The fourth-order valence-corrected chi connectivity index (χ4v) is 1.70. The van der Waals surface area contributed by atoms with Gasteiger partial charge in [0, 0.05) is 27.2 Å². The number of nitrogens with one attached hydrogen (secondary N) is 1. The molecule has 0 unspecified atom stereocenters. The Morgan fingerprint density at radius 3 is 2.58 bits per heavy atom. The van der Waals surface area contributed by atoms with E-state index in [-0.39, 0.29) is 18.3 Å². The first-order valence-electron chi connectivity index (χ1n) is 6.22. The summed E-state index contributed by atoms with van der Waals surface area (Å²) in [5.74, 6) is -0.177. The molecule has 1 amide bonds. The van der Waals surface area contributed by atoms with Gasteiger partial charge in [-0.05, 0) is 13.8 Å². The number of halogens is 1. The third kappa shape index (κ3) is 3.77. The predicted octanol–water partition coefficient (Wildman–Crippen LogP) is 0.962. The highest BCUT2D eigenvalue weighted by Crippen LogP contribution is 2.15. The van der Waals surface area contributed by atoms with Crippen LogP contribution < -0.4 is 10.2 Å². The summed E-state index contributed by atoms with van der Waals surface area (Å²) >= 11 is 0. The number of amides is 1. The van der Waals surface area contributed by atoms with Crippen molar-refractivity contribution in [1.82, 2.24) is 14.9 Å². The molecule has 1 N–H and O–H groups in total. The Balaban J connectivity index is 2.83. The van der Waals surface area contributed by atoms with Crippen LogP contribution in [0.25, 0.3) is 0 Å². The fourth-order valence-electron chi connectivity index (χ4n) is 1.70. The minimum Gasteiger partial charge on any atom is -0.357 e. The Kier molecular flexibility index (Phi) is 5.47. The molecule has 0 aromatic carbocycles.